The van der Waals surface area contributed by atoms with Crippen molar-refractivity contribution in [1.82, 2.24) is 10.2 Å². The van der Waals surface area contributed by atoms with Gasteiger partial charge in [-0.2, -0.15) is 13.2 Å². The van der Waals surface area contributed by atoms with Gasteiger partial charge < -0.3 is 30.7 Å². The molecular weight excluding hydrogens is 483 g/mol. The molecule has 1 unspecified atom stereocenters. The number of hydrogen-bond donors (Lipinski definition) is 3. The highest BCUT2D eigenvalue weighted by Gasteiger charge is 2.49. The summed E-state index contributed by atoms with van der Waals surface area (Å²) in [7, 11) is 5.73. The Balaban J connectivity index is 1.63. The zero-order valence-electron chi connectivity index (χ0n) is 22.2. The number of anilines is 2. The Hall–Kier alpha value is -3.14. The molecule has 1 aliphatic carbocycles. The number of ether oxygens (including phenoxy) is 2. The number of rotatable bonds is 8. The summed E-state index contributed by atoms with van der Waals surface area (Å²) in [5, 5.41) is 6.62. The van der Waals surface area contributed by atoms with E-state index in [0.29, 0.717) is 22.9 Å². The molecule has 202 valence electrons. The molecule has 4 N–H and O–H groups in total. The van der Waals surface area contributed by atoms with Gasteiger partial charge in [0.2, 0.25) is 0 Å². The van der Waals surface area contributed by atoms with Gasteiger partial charge in [-0.1, -0.05) is 0 Å². The van der Waals surface area contributed by atoms with Gasteiger partial charge in [-0.15, -0.1) is 0 Å². The van der Waals surface area contributed by atoms with Crippen LogP contribution in [0.5, 0.6) is 11.5 Å². The lowest BCUT2D eigenvalue weighted by Crippen LogP contribution is -2.35. The maximum absolute atomic E-state index is 13.4. The van der Waals surface area contributed by atoms with E-state index in [9.17, 15) is 13.2 Å². The zero-order chi connectivity index (χ0) is 27.1. The third-order valence-corrected chi connectivity index (χ3v) is 7.09. The molecule has 2 aliphatic rings. The van der Waals surface area contributed by atoms with Gasteiger partial charge in [-0.05, 0) is 77.5 Å². The summed E-state index contributed by atoms with van der Waals surface area (Å²) >= 11 is 0. The van der Waals surface area contributed by atoms with Crippen LogP contribution in [0.3, 0.4) is 0 Å². The average Bonchev–Trinajstić information content (AvgIpc) is 3.58. The van der Waals surface area contributed by atoms with E-state index in [-0.39, 0.29) is 23.4 Å². The van der Waals surface area contributed by atoms with E-state index < -0.39 is 17.8 Å². The number of alkyl halides is 3. The summed E-state index contributed by atoms with van der Waals surface area (Å²) in [6.07, 6.45) is -2.56. The minimum Gasteiger partial charge on any atom is -0.493 e. The molecule has 0 amide bonds. The van der Waals surface area contributed by atoms with Crippen LogP contribution in [0.1, 0.15) is 56.3 Å². The monoisotopic (exact) mass is 519 g/mol. The number of benzene rings is 2. The first-order chi connectivity index (χ1) is 17.3. The standard InChI is InChI=1S/C27H36F3N5O2/c1-15(18-9-19(27(28,29)30)11-20(31)10-18)32-25-21-12-24(23(36-6)13-22(21)33-17(3)34-25)37-16(2)26(7-8-26)14-35(4)5/h9-13,15-17,33H,7-8,14,31H2,1-6H3,(H,32,34)/t15-,16-,17?/m1/s1. The molecule has 0 aromatic heterocycles. The topological polar surface area (TPSA) is 84.1 Å². The third kappa shape index (κ3) is 5.89. The zero-order valence-corrected chi connectivity index (χ0v) is 22.2. The van der Waals surface area contributed by atoms with Crippen LogP contribution in [-0.2, 0) is 6.18 Å². The highest BCUT2D eigenvalue weighted by atomic mass is 19.4. The SMILES string of the molecule is COc1cc2c(cc1O[C@H](C)C1(CN(C)C)CC1)C(N[C@H](C)c1cc(N)cc(C(F)(F)F)c1)=NC(C)N2. The Bertz CT molecular complexity index is 1180. The fourth-order valence-electron chi connectivity index (χ4n) is 4.94. The van der Waals surface area contributed by atoms with Gasteiger partial charge in [-0.3, -0.25) is 0 Å². The molecule has 3 atom stereocenters. The molecule has 1 fully saturated rings. The maximum atomic E-state index is 13.4. The number of nitrogens with two attached hydrogens (primary N) is 1. The summed E-state index contributed by atoms with van der Waals surface area (Å²) < 4.78 is 52.2. The van der Waals surface area contributed by atoms with Crippen LogP contribution in [0.25, 0.3) is 0 Å². The van der Waals surface area contributed by atoms with Gasteiger partial charge >= 0.3 is 6.18 Å². The largest absolute Gasteiger partial charge is 0.493 e. The lowest BCUT2D eigenvalue weighted by Gasteiger charge is -2.30. The second-order valence-electron chi connectivity index (χ2n) is 10.5. The number of methoxy groups -OCH3 is 1. The number of aliphatic imine (C=N–C) groups is 1. The fraction of sp³-hybridized carbons (Fsp3) is 0.519. The van der Waals surface area contributed by atoms with E-state index in [2.05, 4.69) is 36.6 Å². The molecule has 1 saturated carbocycles. The van der Waals surface area contributed by atoms with Crippen LogP contribution in [0.4, 0.5) is 24.5 Å². The predicted molar refractivity (Wildman–Crippen MR) is 140 cm³/mol. The first-order valence-corrected chi connectivity index (χ1v) is 12.4. The van der Waals surface area contributed by atoms with Crippen LogP contribution in [-0.4, -0.2) is 50.8 Å². The molecule has 10 heteroatoms. The number of nitrogens with zero attached hydrogens (tertiary/aromatic N) is 2. The molecule has 0 bridgehead atoms. The van der Waals surface area contributed by atoms with Crippen molar-refractivity contribution in [1.29, 1.82) is 0 Å². The first-order valence-electron chi connectivity index (χ1n) is 12.4. The normalized spacial score (nSPS) is 19.8. The molecule has 2 aromatic carbocycles. The van der Waals surface area contributed by atoms with Crippen LogP contribution in [0.15, 0.2) is 35.3 Å². The molecule has 7 nitrogen and oxygen atoms in total. The fourth-order valence-corrected chi connectivity index (χ4v) is 4.94. The molecule has 0 spiro atoms. The number of fused-ring (bicyclic) bond motifs is 1. The predicted octanol–water partition coefficient (Wildman–Crippen LogP) is 5.27. The van der Waals surface area contributed by atoms with Gasteiger partial charge in [0.1, 0.15) is 18.1 Å². The van der Waals surface area contributed by atoms with Crippen molar-refractivity contribution in [2.45, 2.75) is 58.1 Å². The van der Waals surface area contributed by atoms with Crippen LogP contribution >= 0.6 is 0 Å². The van der Waals surface area contributed by atoms with E-state index in [1.807, 2.05) is 19.1 Å². The molecule has 37 heavy (non-hydrogen) atoms. The summed E-state index contributed by atoms with van der Waals surface area (Å²) in [6, 6.07) is 6.88. The van der Waals surface area contributed by atoms with Crippen molar-refractivity contribution in [2.75, 3.05) is 38.8 Å². The molecule has 1 aliphatic heterocycles. The Morgan fingerprint density at radius 3 is 2.46 bits per heavy atom. The van der Waals surface area contributed by atoms with Crippen molar-refractivity contribution in [3.63, 3.8) is 0 Å². The van der Waals surface area contributed by atoms with E-state index in [1.54, 1.807) is 20.1 Å². The highest BCUT2D eigenvalue weighted by molar-refractivity contribution is 6.05. The van der Waals surface area contributed by atoms with Gasteiger partial charge in [0.15, 0.2) is 11.5 Å². The smallest absolute Gasteiger partial charge is 0.416 e. The molecule has 0 saturated heterocycles. The minimum absolute atomic E-state index is 0.0299. The van der Waals surface area contributed by atoms with Crippen molar-refractivity contribution < 1.29 is 22.6 Å². The summed E-state index contributed by atoms with van der Waals surface area (Å²) in [5.74, 6) is 1.76. The summed E-state index contributed by atoms with van der Waals surface area (Å²) in [5.41, 5.74) is 7.14. The quantitative estimate of drug-likeness (QED) is 0.412. The van der Waals surface area contributed by atoms with Crippen molar-refractivity contribution in [3.05, 3.63) is 47.0 Å². The Labute approximate surface area is 216 Å². The van der Waals surface area contributed by atoms with Crippen molar-refractivity contribution in [3.8, 4) is 11.5 Å². The number of nitrogens with one attached hydrogen (secondary N) is 2. The van der Waals surface area contributed by atoms with Gasteiger partial charge in [0, 0.05) is 29.3 Å². The third-order valence-electron chi connectivity index (χ3n) is 7.09. The minimum atomic E-state index is -4.48. The number of nitrogen functional groups attached to an aromatic ring is 1. The highest BCUT2D eigenvalue weighted by Crippen LogP contribution is 2.51. The second kappa shape index (κ2) is 9.96. The van der Waals surface area contributed by atoms with Crippen LogP contribution in [0.2, 0.25) is 0 Å². The van der Waals surface area contributed by atoms with Gasteiger partial charge in [-0.25, -0.2) is 4.99 Å². The van der Waals surface area contributed by atoms with Gasteiger partial charge in [0.05, 0.1) is 24.4 Å². The van der Waals surface area contributed by atoms with Crippen molar-refractivity contribution in [2.24, 2.45) is 10.4 Å². The van der Waals surface area contributed by atoms with E-state index in [0.717, 1.165) is 42.8 Å². The number of amidine groups is 1. The first kappa shape index (κ1) is 26.9. The van der Waals surface area contributed by atoms with E-state index >= 15 is 0 Å². The second-order valence-corrected chi connectivity index (χ2v) is 10.5. The number of hydrogen-bond acceptors (Lipinski definition) is 7. The van der Waals surface area contributed by atoms with Crippen LogP contribution < -0.4 is 25.8 Å². The summed E-state index contributed by atoms with van der Waals surface area (Å²) in [4.78, 5) is 6.88. The van der Waals surface area contributed by atoms with E-state index in [4.69, 9.17) is 20.2 Å². The number of halogens is 3. The molecule has 4 rings (SSSR count). The Morgan fingerprint density at radius 1 is 1.16 bits per heavy atom. The van der Waals surface area contributed by atoms with Crippen molar-refractivity contribution >= 4 is 17.2 Å². The van der Waals surface area contributed by atoms with Gasteiger partial charge in [0.25, 0.3) is 0 Å². The molecule has 2 aromatic rings. The lowest BCUT2D eigenvalue weighted by molar-refractivity contribution is -0.137. The summed E-state index contributed by atoms with van der Waals surface area (Å²) in [6.45, 7) is 6.70. The lowest BCUT2D eigenvalue weighted by atomic mass is 9.99. The van der Waals surface area contributed by atoms with Crippen LogP contribution in [0, 0.1) is 5.41 Å². The molecule has 1 heterocycles. The molecule has 0 radical (unpaired) electrons. The maximum Gasteiger partial charge on any atom is 0.416 e. The van der Waals surface area contributed by atoms with E-state index in [1.165, 1.54) is 0 Å². The molecular formula is C27H36F3N5O2. The average molecular weight is 520 g/mol. The Morgan fingerprint density at radius 2 is 1.86 bits per heavy atom. The Kier molecular flexibility index (Phi) is 7.25.